The molecule has 63 valence electrons. The van der Waals surface area contributed by atoms with E-state index in [0.29, 0.717) is 12.2 Å². The van der Waals surface area contributed by atoms with Crippen molar-refractivity contribution in [1.29, 1.82) is 0 Å². The molecule has 1 aromatic carbocycles. The molecule has 1 rings (SSSR count). The molecule has 0 amide bonds. The van der Waals surface area contributed by atoms with Crippen LogP contribution < -0.4 is 4.65 Å². The third kappa shape index (κ3) is 2.12. The highest BCUT2D eigenvalue weighted by molar-refractivity contribution is 9.10. The minimum Gasteiger partial charge on any atom is -0.534 e. The molecular weight excluding hydrogens is 249 g/mol. The second-order valence-corrected chi connectivity index (χ2v) is 3.24. The molecule has 0 aliphatic carbocycles. The molecule has 0 unspecified atom stereocenters. The van der Waals surface area contributed by atoms with Gasteiger partial charge < -0.3 is 9.68 Å². The van der Waals surface area contributed by atoms with Crippen molar-refractivity contribution in [2.24, 2.45) is 0 Å². The quantitative estimate of drug-likeness (QED) is 0.817. The topological polar surface area (TPSA) is 29.5 Å². The second kappa shape index (κ2) is 4.12. The predicted molar refractivity (Wildman–Crippen MR) is 47.7 cm³/mol. The number of benzene rings is 1. The summed E-state index contributed by atoms with van der Waals surface area (Å²) in [6.07, 6.45) is 0. The van der Waals surface area contributed by atoms with Gasteiger partial charge in [-0.2, -0.15) is 0 Å². The standard InChI is InChI=1S/C6H3BBrClFO2/c8-3-1-4(9)6(12-7-11)5(10)2-3/h1-2,11H. The van der Waals surface area contributed by atoms with Crippen molar-refractivity contribution in [2.75, 3.05) is 0 Å². The first-order chi connectivity index (χ1) is 5.65. The van der Waals surface area contributed by atoms with Gasteiger partial charge in [0.25, 0.3) is 0 Å². The highest BCUT2D eigenvalue weighted by atomic mass is 79.9. The molecular formula is C6H3BBrClFO2. The highest BCUT2D eigenvalue weighted by Gasteiger charge is 2.09. The van der Waals surface area contributed by atoms with E-state index in [4.69, 9.17) is 16.6 Å². The maximum Gasteiger partial charge on any atom is 0.569 e. The third-order valence-electron chi connectivity index (χ3n) is 1.13. The summed E-state index contributed by atoms with van der Waals surface area (Å²) < 4.78 is 17.9. The third-order valence-corrected chi connectivity index (χ3v) is 1.87. The molecule has 0 saturated carbocycles. The summed E-state index contributed by atoms with van der Waals surface area (Å²) in [4.78, 5) is 0. The van der Waals surface area contributed by atoms with Crippen molar-refractivity contribution in [3.63, 3.8) is 0 Å². The number of hydrogen-bond acceptors (Lipinski definition) is 2. The van der Waals surface area contributed by atoms with Crippen LogP contribution in [-0.2, 0) is 0 Å². The number of rotatable bonds is 2. The summed E-state index contributed by atoms with van der Waals surface area (Å²) in [7, 11) is 0.373. The van der Waals surface area contributed by atoms with Crippen molar-refractivity contribution >= 4 is 35.2 Å². The normalized spacial score (nSPS) is 9.67. The lowest BCUT2D eigenvalue weighted by Crippen LogP contribution is -2.02. The molecule has 0 aliphatic rings. The maximum atomic E-state index is 12.9. The van der Waals surface area contributed by atoms with Crippen LogP contribution in [0.15, 0.2) is 16.6 Å². The summed E-state index contributed by atoms with van der Waals surface area (Å²) in [5.41, 5.74) is 0. The van der Waals surface area contributed by atoms with E-state index in [0.717, 1.165) is 0 Å². The van der Waals surface area contributed by atoms with Crippen molar-refractivity contribution in [1.82, 2.24) is 0 Å². The smallest absolute Gasteiger partial charge is 0.534 e. The first kappa shape index (κ1) is 9.83. The van der Waals surface area contributed by atoms with E-state index in [2.05, 4.69) is 20.6 Å². The Balaban J connectivity index is 3.10. The number of hydrogen-bond donors (Lipinski definition) is 1. The van der Waals surface area contributed by atoms with Gasteiger partial charge in [0.2, 0.25) is 0 Å². The summed E-state index contributed by atoms with van der Waals surface area (Å²) in [5.74, 6) is -0.831. The van der Waals surface area contributed by atoms with Crippen molar-refractivity contribution in [3.05, 3.63) is 27.4 Å². The molecule has 2 nitrogen and oxygen atoms in total. The lowest BCUT2D eigenvalue weighted by molar-refractivity contribution is 0.431. The summed E-state index contributed by atoms with van der Waals surface area (Å²) in [6, 6.07) is 2.65. The molecule has 0 heterocycles. The van der Waals surface area contributed by atoms with E-state index in [1.54, 1.807) is 0 Å². The second-order valence-electron chi connectivity index (χ2n) is 1.92. The fourth-order valence-corrected chi connectivity index (χ4v) is 1.51. The molecule has 6 heteroatoms. The van der Waals surface area contributed by atoms with Crippen LogP contribution in [0, 0.1) is 5.82 Å². The van der Waals surface area contributed by atoms with Gasteiger partial charge in [-0.1, -0.05) is 27.5 Å². The van der Waals surface area contributed by atoms with E-state index >= 15 is 0 Å². The molecule has 0 aliphatic heterocycles. The van der Waals surface area contributed by atoms with Gasteiger partial charge in [0.15, 0.2) is 11.6 Å². The van der Waals surface area contributed by atoms with Gasteiger partial charge in [-0.25, -0.2) is 4.39 Å². The molecule has 0 atom stereocenters. The zero-order valence-corrected chi connectivity index (χ0v) is 8.06. The highest BCUT2D eigenvalue weighted by Crippen LogP contribution is 2.30. The molecule has 0 bridgehead atoms. The van der Waals surface area contributed by atoms with Crippen LogP contribution in [0.4, 0.5) is 4.39 Å². The van der Waals surface area contributed by atoms with Gasteiger partial charge in [0.1, 0.15) is 0 Å². The van der Waals surface area contributed by atoms with Crippen molar-refractivity contribution in [3.8, 4) is 5.75 Å². The van der Waals surface area contributed by atoms with Gasteiger partial charge in [0, 0.05) is 4.47 Å². The lowest BCUT2D eigenvalue weighted by Gasteiger charge is -2.05. The van der Waals surface area contributed by atoms with Crippen LogP contribution in [0.5, 0.6) is 5.75 Å². The van der Waals surface area contributed by atoms with Gasteiger partial charge >= 0.3 is 7.69 Å². The van der Waals surface area contributed by atoms with Crippen LogP contribution in [-0.4, -0.2) is 12.7 Å². The Labute approximate surface area is 82.7 Å². The van der Waals surface area contributed by atoms with Crippen LogP contribution in [0.2, 0.25) is 5.02 Å². The van der Waals surface area contributed by atoms with Crippen LogP contribution in [0.25, 0.3) is 0 Å². The van der Waals surface area contributed by atoms with Gasteiger partial charge in [-0.15, -0.1) is 0 Å². The Morgan fingerprint density at radius 3 is 2.75 bits per heavy atom. The molecule has 0 aromatic heterocycles. The SMILES string of the molecule is O[B]Oc1c(F)cc(Br)cc1Cl. The monoisotopic (exact) mass is 251 g/mol. The van der Waals surface area contributed by atoms with E-state index in [1.165, 1.54) is 12.1 Å². The maximum absolute atomic E-state index is 12.9. The average Bonchev–Trinajstić information content (AvgIpc) is 1.96. The van der Waals surface area contributed by atoms with Gasteiger partial charge in [-0.3, -0.25) is 0 Å². The van der Waals surface area contributed by atoms with E-state index < -0.39 is 5.82 Å². The fraction of sp³-hybridized carbons (Fsp3) is 0. The first-order valence-corrected chi connectivity index (χ1v) is 4.09. The van der Waals surface area contributed by atoms with E-state index in [9.17, 15) is 4.39 Å². The number of halogens is 3. The van der Waals surface area contributed by atoms with Gasteiger partial charge in [0.05, 0.1) is 5.02 Å². The van der Waals surface area contributed by atoms with Gasteiger partial charge in [-0.05, 0) is 12.1 Å². The van der Waals surface area contributed by atoms with Crippen LogP contribution >= 0.6 is 27.5 Å². The average molecular weight is 252 g/mol. The minimum absolute atomic E-state index is 0.0900. The molecule has 1 N–H and O–H groups in total. The summed E-state index contributed by atoms with van der Waals surface area (Å²) >= 11 is 8.63. The Kier molecular flexibility index (Phi) is 3.37. The predicted octanol–water partition coefficient (Wildman–Crippen LogP) is 2.15. The fourth-order valence-electron chi connectivity index (χ4n) is 0.694. The first-order valence-electron chi connectivity index (χ1n) is 2.92. The molecule has 0 saturated heterocycles. The Morgan fingerprint density at radius 1 is 1.58 bits per heavy atom. The minimum atomic E-state index is -0.639. The van der Waals surface area contributed by atoms with E-state index in [-0.39, 0.29) is 10.8 Å². The Hall–Kier alpha value is -0.255. The molecule has 0 spiro atoms. The zero-order chi connectivity index (χ0) is 9.14. The zero-order valence-electron chi connectivity index (χ0n) is 5.72. The Bertz CT molecular complexity index is 274. The van der Waals surface area contributed by atoms with Crippen molar-refractivity contribution in [2.45, 2.75) is 0 Å². The van der Waals surface area contributed by atoms with Crippen LogP contribution in [0.1, 0.15) is 0 Å². The summed E-state index contributed by atoms with van der Waals surface area (Å²) in [6.45, 7) is 0. The lowest BCUT2D eigenvalue weighted by atomic mass is 10.3. The van der Waals surface area contributed by atoms with Crippen molar-refractivity contribution < 1.29 is 14.1 Å². The summed E-state index contributed by atoms with van der Waals surface area (Å²) in [5, 5.41) is 8.34. The van der Waals surface area contributed by atoms with E-state index in [1.807, 2.05) is 0 Å². The molecule has 12 heavy (non-hydrogen) atoms. The Morgan fingerprint density at radius 2 is 2.25 bits per heavy atom. The van der Waals surface area contributed by atoms with Crippen LogP contribution in [0.3, 0.4) is 0 Å². The molecule has 1 aromatic rings. The molecule has 1 radical (unpaired) electrons. The molecule has 0 fully saturated rings. The largest absolute Gasteiger partial charge is 0.569 e.